The normalized spacial score (nSPS) is 10.2. The third-order valence-electron chi connectivity index (χ3n) is 3.73. The molecule has 1 aromatic heterocycles. The third kappa shape index (κ3) is 3.97. The minimum atomic E-state index is -0.702. The van der Waals surface area contributed by atoms with E-state index in [1.807, 2.05) is 6.07 Å². The average Bonchev–Trinajstić information content (AvgIpc) is 3.16. The fraction of sp³-hybridized carbons (Fsp3) is 0.0526. The molecule has 1 heterocycles. The molecular weight excluding hydrogens is 372 g/mol. The molecule has 3 aromatic rings. The van der Waals surface area contributed by atoms with Crippen LogP contribution in [0, 0.1) is 21.4 Å². The van der Waals surface area contributed by atoms with Gasteiger partial charge in [0, 0.05) is 23.3 Å². The molecule has 27 heavy (non-hydrogen) atoms. The Balaban J connectivity index is 1.75. The van der Waals surface area contributed by atoms with E-state index in [9.17, 15) is 14.9 Å². The van der Waals surface area contributed by atoms with Crippen LogP contribution in [0.5, 0.6) is 0 Å². The molecule has 0 saturated heterocycles. The molecule has 3 rings (SSSR count). The predicted octanol–water partition coefficient (Wildman–Crippen LogP) is 4.74. The molecule has 0 fully saturated rings. The van der Waals surface area contributed by atoms with E-state index < -0.39 is 10.9 Å². The van der Waals surface area contributed by atoms with Gasteiger partial charge in [0.1, 0.15) is 12.4 Å². The van der Waals surface area contributed by atoms with Crippen LogP contribution in [0.4, 0.5) is 5.69 Å². The molecule has 8 heteroatoms. The second-order valence-corrected chi connectivity index (χ2v) is 5.84. The fourth-order valence-electron chi connectivity index (χ4n) is 2.38. The first-order chi connectivity index (χ1) is 13.0. The van der Waals surface area contributed by atoms with Crippen LogP contribution in [0.15, 0.2) is 59.0 Å². The van der Waals surface area contributed by atoms with Crippen LogP contribution in [-0.4, -0.2) is 10.9 Å². The summed E-state index contributed by atoms with van der Waals surface area (Å²) >= 11 is 6.06. The van der Waals surface area contributed by atoms with Crippen LogP contribution >= 0.6 is 11.6 Å². The lowest BCUT2D eigenvalue weighted by Crippen LogP contribution is -2.05. The van der Waals surface area contributed by atoms with Crippen LogP contribution in [0.1, 0.15) is 21.7 Å². The van der Waals surface area contributed by atoms with Crippen molar-refractivity contribution in [3.05, 3.63) is 86.6 Å². The molecule has 2 aromatic carbocycles. The maximum absolute atomic E-state index is 12.2. The third-order valence-corrected chi connectivity index (χ3v) is 4.05. The molecule has 0 aliphatic heterocycles. The van der Waals surface area contributed by atoms with Crippen molar-refractivity contribution in [3.8, 4) is 17.4 Å². The highest BCUT2D eigenvalue weighted by molar-refractivity contribution is 6.33. The Morgan fingerprint density at radius 1 is 1.22 bits per heavy atom. The van der Waals surface area contributed by atoms with Gasteiger partial charge in [0.15, 0.2) is 0 Å². The van der Waals surface area contributed by atoms with Crippen LogP contribution in [0.3, 0.4) is 0 Å². The number of nitriles is 1. The molecular formula is C19H11ClN2O5. The van der Waals surface area contributed by atoms with Gasteiger partial charge in [-0.3, -0.25) is 10.1 Å². The summed E-state index contributed by atoms with van der Waals surface area (Å²) in [6, 6.07) is 15.7. The van der Waals surface area contributed by atoms with Gasteiger partial charge in [-0.05, 0) is 24.3 Å². The smallest absolute Gasteiger partial charge is 0.374 e. The molecule has 0 unspecified atom stereocenters. The average molecular weight is 383 g/mol. The molecule has 0 saturated carbocycles. The molecule has 0 aliphatic rings. The Morgan fingerprint density at radius 3 is 2.70 bits per heavy atom. The largest absolute Gasteiger partial charge is 0.455 e. The summed E-state index contributed by atoms with van der Waals surface area (Å²) < 4.78 is 10.6. The van der Waals surface area contributed by atoms with Crippen LogP contribution in [0.2, 0.25) is 5.02 Å². The van der Waals surface area contributed by atoms with Crippen molar-refractivity contribution in [2.75, 3.05) is 0 Å². The minimum Gasteiger partial charge on any atom is -0.455 e. The van der Waals surface area contributed by atoms with Gasteiger partial charge in [-0.25, -0.2) is 4.79 Å². The highest BCUT2D eigenvalue weighted by Gasteiger charge is 2.17. The molecule has 0 amide bonds. The molecule has 0 atom stereocenters. The number of carbonyl (C=O) groups excluding carboxylic acids is 1. The summed E-state index contributed by atoms with van der Waals surface area (Å²) in [6.07, 6.45) is 0. The maximum atomic E-state index is 12.2. The summed E-state index contributed by atoms with van der Waals surface area (Å²) in [5, 5.41) is 19.9. The predicted molar refractivity (Wildman–Crippen MR) is 96.1 cm³/mol. The summed E-state index contributed by atoms with van der Waals surface area (Å²) in [6.45, 7) is -0.0725. The van der Waals surface area contributed by atoms with Crippen LogP contribution < -0.4 is 0 Å². The maximum Gasteiger partial charge on any atom is 0.374 e. The fourth-order valence-corrected chi connectivity index (χ4v) is 2.65. The highest BCUT2D eigenvalue weighted by Crippen LogP contribution is 2.32. The van der Waals surface area contributed by atoms with E-state index in [0.717, 1.165) is 0 Å². The number of furan rings is 1. The van der Waals surface area contributed by atoms with E-state index in [4.69, 9.17) is 26.0 Å². The van der Waals surface area contributed by atoms with Crippen molar-refractivity contribution in [2.24, 2.45) is 0 Å². The topological polar surface area (TPSA) is 106 Å². The van der Waals surface area contributed by atoms with E-state index >= 15 is 0 Å². The lowest BCUT2D eigenvalue weighted by molar-refractivity contribution is -0.384. The number of halogens is 1. The monoisotopic (exact) mass is 382 g/mol. The Kier molecular flexibility index (Phi) is 5.20. The molecule has 0 radical (unpaired) electrons. The molecule has 0 N–H and O–H groups in total. The summed E-state index contributed by atoms with van der Waals surface area (Å²) in [5.41, 5.74) is 1.27. The Morgan fingerprint density at radius 2 is 2.00 bits per heavy atom. The Hall–Kier alpha value is -3.63. The Labute approximate surface area is 158 Å². The van der Waals surface area contributed by atoms with Crippen molar-refractivity contribution in [3.63, 3.8) is 0 Å². The molecule has 7 nitrogen and oxygen atoms in total. The quantitative estimate of drug-likeness (QED) is 0.358. The number of ether oxygens (including phenoxy) is 1. The lowest BCUT2D eigenvalue weighted by atomic mass is 10.1. The number of rotatable bonds is 5. The highest BCUT2D eigenvalue weighted by atomic mass is 35.5. The zero-order valence-corrected chi connectivity index (χ0v) is 14.5. The number of non-ortho nitro benzene ring substituents is 1. The first kappa shape index (κ1) is 18.2. The first-order valence-electron chi connectivity index (χ1n) is 7.69. The second kappa shape index (κ2) is 7.72. The number of nitrogens with zero attached hydrogens (tertiary/aromatic N) is 2. The Bertz CT molecular complexity index is 1070. The summed E-state index contributed by atoms with van der Waals surface area (Å²) in [7, 11) is 0. The van der Waals surface area contributed by atoms with E-state index in [-0.39, 0.29) is 28.8 Å². The van der Waals surface area contributed by atoms with E-state index in [0.29, 0.717) is 16.7 Å². The minimum absolute atomic E-state index is 0.0474. The van der Waals surface area contributed by atoms with E-state index in [1.54, 1.807) is 24.3 Å². The van der Waals surface area contributed by atoms with Gasteiger partial charge in [-0.15, -0.1) is 0 Å². The van der Waals surface area contributed by atoms with Gasteiger partial charge in [0.25, 0.3) is 5.69 Å². The van der Waals surface area contributed by atoms with Crippen LogP contribution in [0.25, 0.3) is 11.3 Å². The van der Waals surface area contributed by atoms with Gasteiger partial charge in [-0.1, -0.05) is 29.8 Å². The number of hydrogen-bond donors (Lipinski definition) is 0. The number of esters is 1. The van der Waals surface area contributed by atoms with Gasteiger partial charge in [-0.2, -0.15) is 5.26 Å². The van der Waals surface area contributed by atoms with Crippen LogP contribution in [-0.2, 0) is 11.3 Å². The number of nitro groups is 1. The van der Waals surface area contributed by atoms with Gasteiger partial charge in [0.05, 0.1) is 21.6 Å². The summed E-state index contributed by atoms with van der Waals surface area (Å²) in [4.78, 5) is 22.4. The molecule has 0 spiro atoms. The van der Waals surface area contributed by atoms with Gasteiger partial charge < -0.3 is 9.15 Å². The molecule has 0 bridgehead atoms. The van der Waals surface area contributed by atoms with E-state index in [1.165, 1.54) is 30.3 Å². The van der Waals surface area contributed by atoms with Crippen molar-refractivity contribution < 1.29 is 18.9 Å². The standard InChI is InChI=1S/C19H11ClN2O5/c20-16-9-14(22(24)25)5-6-15(16)17-7-8-18(27-17)19(23)26-11-13-4-2-1-3-12(13)10-21/h1-9H,11H2. The number of hydrogen-bond acceptors (Lipinski definition) is 6. The molecule has 0 aliphatic carbocycles. The first-order valence-corrected chi connectivity index (χ1v) is 8.06. The number of nitro benzene ring substituents is 1. The van der Waals surface area contributed by atoms with Crippen molar-refractivity contribution in [1.29, 1.82) is 5.26 Å². The second-order valence-electron chi connectivity index (χ2n) is 5.43. The van der Waals surface area contributed by atoms with Crippen molar-refractivity contribution in [2.45, 2.75) is 6.61 Å². The van der Waals surface area contributed by atoms with Crippen molar-refractivity contribution in [1.82, 2.24) is 0 Å². The zero-order valence-electron chi connectivity index (χ0n) is 13.7. The van der Waals surface area contributed by atoms with Crippen molar-refractivity contribution >= 4 is 23.3 Å². The SMILES string of the molecule is N#Cc1ccccc1COC(=O)c1ccc(-c2ccc([N+](=O)[O-])cc2Cl)o1. The molecule has 134 valence electrons. The zero-order chi connectivity index (χ0) is 19.4. The van der Waals surface area contributed by atoms with Gasteiger partial charge in [0.2, 0.25) is 5.76 Å². The van der Waals surface area contributed by atoms with E-state index in [2.05, 4.69) is 0 Å². The van der Waals surface area contributed by atoms with Gasteiger partial charge >= 0.3 is 5.97 Å². The number of carbonyl (C=O) groups is 1. The number of benzene rings is 2. The lowest BCUT2D eigenvalue weighted by Gasteiger charge is -2.05. The summed E-state index contributed by atoms with van der Waals surface area (Å²) in [5.74, 6) is -0.472.